The van der Waals surface area contributed by atoms with Gasteiger partial charge in [-0.25, -0.2) is 14.1 Å². The third-order valence-corrected chi connectivity index (χ3v) is 4.89. The van der Waals surface area contributed by atoms with Crippen LogP contribution in [0.2, 0.25) is 0 Å². The van der Waals surface area contributed by atoms with Crippen molar-refractivity contribution >= 4 is 26.8 Å². The first-order valence-electron chi connectivity index (χ1n) is 7.73. The van der Waals surface area contributed by atoms with E-state index in [1.807, 2.05) is 30.8 Å². The van der Waals surface area contributed by atoms with Gasteiger partial charge in [0.1, 0.15) is 5.82 Å². The first-order chi connectivity index (χ1) is 10.9. The predicted molar refractivity (Wildman–Crippen MR) is 93.4 cm³/mol. The molecule has 0 fully saturated rings. The molecule has 0 aliphatic rings. The Kier molecular flexibility index (Phi) is 4.35. The molecule has 3 rings (SSSR count). The smallest absolute Gasteiger partial charge is 0.188 e. The fourth-order valence-electron chi connectivity index (χ4n) is 2.67. The third-order valence-electron chi connectivity index (χ3n) is 3.68. The Morgan fingerprint density at radius 2 is 1.96 bits per heavy atom. The molecule has 0 atom stereocenters. The van der Waals surface area contributed by atoms with E-state index in [0.29, 0.717) is 5.92 Å². The molecule has 0 unspecified atom stereocenters. The average molecular weight is 332 g/mol. The fraction of sp³-hybridized carbons (Fsp3) is 0.412. The summed E-state index contributed by atoms with van der Waals surface area (Å²) >= 11 is 1.67. The number of aryl methyl sites for hydroxylation is 2. The van der Waals surface area contributed by atoms with Gasteiger partial charge in [-0.05, 0) is 30.5 Å². The van der Waals surface area contributed by atoms with Gasteiger partial charge in [0, 0.05) is 20.1 Å². The molecule has 0 spiro atoms. The van der Waals surface area contributed by atoms with Gasteiger partial charge in [0.25, 0.3) is 0 Å². The summed E-state index contributed by atoms with van der Waals surface area (Å²) in [4.78, 5) is 7.04. The van der Waals surface area contributed by atoms with Gasteiger partial charge < -0.3 is 4.90 Å². The van der Waals surface area contributed by atoms with Crippen LogP contribution in [0.4, 0.5) is 9.52 Å². The van der Waals surface area contributed by atoms with Crippen LogP contribution in [0.3, 0.4) is 0 Å². The molecule has 23 heavy (non-hydrogen) atoms. The standard InChI is InChI=1S/C17H21FN4S/c1-11(2)9-22(10-13-5-7-14(18)8-6-13)17-19-16-15(23-17)12(3)20-21(16)4/h5-8,11H,9-10H2,1-4H3. The summed E-state index contributed by atoms with van der Waals surface area (Å²) in [6.45, 7) is 8.03. The number of benzene rings is 1. The van der Waals surface area contributed by atoms with Crippen molar-refractivity contribution in [3.8, 4) is 0 Å². The minimum atomic E-state index is -0.203. The van der Waals surface area contributed by atoms with Crippen LogP contribution in [0, 0.1) is 18.7 Å². The summed E-state index contributed by atoms with van der Waals surface area (Å²) in [5.74, 6) is 0.313. The van der Waals surface area contributed by atoms with Gasteiger partial charge in [-0.15, -0.1) is 0 Å². The quantitative estimate of drug-likeness (QED) is 0.704. The zero-order chi connectivity index (χ0) is 16.6. The molecule has 2 aromatic heterocycles. The van der Waals surface area contributed by atoms with Crippen molar-refractivity contribution in [2.75, 3.05) is 11.4 Å². The van der Waals surface area contributed by atoms with E-state index in [0.717, 1.165) is 39.8 Å². The summed E-state index contributed by atoms with van der Waals surface area (Å²) < 4.78 is 16.1. The van der Waals surface area contributed by atoms with E-state index in [1.54, 1.807) is 11.3 Å². The third kappa shape index (κ3) is 3.37. The Balaban J connectivity index is 1.93. The van der Waals surface area contributed by atoms with Crippen LogP contribution in [0.1, 0.15) is 25.1 Å². The number of rotatable bonds is 5. The molecular weight excluding hydrogens is 311 g/mol. The van der Waals surface area contributed by atoms with Gasteiger partial charge in [-0.2, -0.15) is 5.10 Å². The largest absolute Gasteiger partial charge is 0.343 e. The van der Waals surface area contributed by atoms with Gasteiger partial charge in [-0.1, -0.05) is 37.3 Å². The number of halogens is 1. The number of nitrogens with zero attached hydrogens (tertiary/aromatic N) is 4. The van der Waals surface area contributed by atoms with Crippen LogP contribution in [-0.2, 0) is 13.6 Å². The molecule has 2 heterocycles. The van der Waals surface area contributed by atoms with Crippen molar-refractivity contribution in [2.24, 2.45) is 13.0 Å². The fourth-order valence-corrected chi connectivity index (χ4v) is 3.71. The van der Waals surface area contributed by atoms with Gasteiger partial charge in [0.15, 0.2) is 10.8 Å². The highest BCUT2D eigenvalue weighted by molar-refractivity contribution is 7.22. The highest BCUT2D eigenvalue weighted by Crippen LogP contribution is 2.32. The molecule has 1 aromatic carbocycles. The molecule has 0 aliphatic heterocycles. The van der Waals surface area contributed by atoms with Crippen LogP contribution in [0.25, 0.3) is 10.3 Å². The number of hydrogen-bond donors (Lipinski definition) is 0. The van der Waals surface area contributed by atoms with Crippen molar-refractivity contribution in [3.05, 3.63) is 41.3 Å². The normalized spacial score (nSPS) is 11.6. The molecule has 3 aromatic rings. The highest BCUT2D eigenvalue weighted by Gasteiger charge is 2.18. The maximum Gasteiger partial charge on any atom is 0.188 e. The lowest BCUT2D eigenvalue weighted by molar-refractivity contribution is 0.605. The summed E-state index contributed by atoms with van der Waals surface area (Å²) in [6.07, 6.45) is 0. The Morgan fingerprint density at radius 3 is 2.57 bits per heavy atom. The number of fused-ring (bicyclic) bond motifs is 1. The van der Waals surface area contributed by atoms with E-state index in [9.17, 15) is 4.39 Å². The molecule has 6 heteroatoms. The number of aromatic nitrogens is 3. The van der Waals surface area contributed by atoms with E-state index >= 15 is 0 Å². The lowest BCUT2D eigenvalue weighted by Gasteiger charge is -2.24. The van der Waals surface area contributed by atoms with E-state index in [4.69, 9.17) is 4.98 Å². The second-order valence-electron chi connectivity index (χ2n) is 6.26. The topological polar surface area (TPSA) is 34.0 Å². The summed E-state index contributed by atoms with van der Waals surface area (Å²) in [7, 11) is 1.92. The van der Waals surface area contributed by atoms with Gasteiger partial charge in [0.05, 0.1) is 10.4 Å². The minimum absolute atomic E-state index is 0.203. The lowest BCUT2D eigenvalue weighted by atomic mass is 10.1. The second-order valence-corrected chi connectivity index (χ2v) is 7.24. The van der Waals surface area contributed by atoms with Crippen molar-refractivity contribution in [2.45, 2.75) is 27.3 Å². The van der Waals surface area contributed by atoms with Crippen LogP contribution < -0.4 is 4.90 Å². The molecule has 0 aliphatic carbocycles. The van der Waals surface area contributed by atoms with Crippen molar-refractivity contribution < 1.29 is 4.39 Å². The molecular formula is C17H21FN4S. The van der Waals surface area contributed by atoms with E-state index in [1.165, 1.54) is 12.1 Å². The summed E-state index contributed by atoms with van der Waals surface area (Å²) in [6, 6.07) is 6.69. The SMILES string of the molecule is Cc1nn(C)c2nc(N(Cc3ccc(F)cc3)CC(C)C)sc12. The molecule has 0 saturated heterocycles. The van der Waals surface area contributed by atoms with Crippen molar-refractivity contribution in [1.29, 1.82) is 0 Å². The van der Waals surface area contributed by atoms with E-state index < -0.39 is 0 Å². The molecule has 0 saturated carbocycles. The zero-order valence-corrected chi connectivity index (χ0v) is 14.7. The van der Waals surface area contributed by atoms with Crippen molar-refractivity contribution in [1.82, 2.24) is 14.8 Å². The number of hydrogen-bond acceptors (Lipinski definition) is 4. The van der Waals surface area contributed by atoms with Crippen LogP contribution in [0.15, 0.2) is 24.3 Å². The molecule has 0 radical (unpaired) electrons. The molecule has 0 amide bonds. The molecule has 0 bridgehead atoms. The average Bonchev–Trinajstić information content (AvgIpc) is 3.03. The first kappa shape index (κ1) is 15.9. The highest BCUT2D eigenvalue weighted by atomic mass is 32.1. The maximum absolute atomic E-state index is 13.1. The molecule has 122 valence electrons. The Bertz CT molecular complexity index is 769. The number of anilines is 1. The van der Waals surface area contributed by atoms with E-state index in [-0.39, 0.29) is 5.82 Å². The Hall–Kier alpha value is -1.95. The minimum Gasteiger partial charge on any atom is -0.343 e. The maximum atomic E-state index is 13.1. The van der Waals surface area contributed by atoms with Crippen molar-refractivity contribution in [3.63, 3.8) is 0 Å². The monoisotopic (exact) mass is 332 g/mol. The summed E-state index contributed by atoms with van der Waals surface area (Å²) in [5, 5.41) is 5.40. The summed E-state index contributed by atoms with van der Waals surface area (Å²) in [5.41, 5.74) is 3.02. The van der Waals surface area contributed by atoms with Gasteiger partial charge >= 0.3 is 0 Å². The molecule has 4 nitrogen and oxygen atoms in total. The first-order valence-corrected chi connectivity index (χ1v) is 8.55. The predicted octanol–water partition coefficient (Wildman–Crippen LogP) is 4.14. The zero-order valence-electron chi connectivity index (χ0n) is 13.9. The van der Waals surface area contributed by atoms with E-state index in [2.05, 4.69) is 23.8 Å². The van der Waals surface area contributed by atoms with Crippen LogP contribution >= 0.6 is 11.3 Å². The second kappa shape index (κ2) is 6.28. The number of thiazole rings is 1. The van der Waals surface area contributed by atoms with Gasteiger partial charge in [0.2, 0.25) is 0 Å². The van der Waals surface area contributed by atoms with Crippen LogP contribution in [0.5, 0.6) is 0 Å². The molecule has 0 N–H and O–H groups in total. The van der Waals surface area contributed by atoms with Crippen LogP contribution in [-0.4, -0.2) is 21.3 Å². The Labute approximate surface area is 139 Å². The Morgan fingerprint density at radius 1 is 1.26 bits per heavy atom. The lowest BCUT2D eigenvalue weighted by Crippen LogP contribution is -2.27. The van der Waals surface area contributed by atoms with Gasteiger partial charge in [-0.3, -0.25) is 0 Å².